The largest absolute Gasteiger partial charge is 0.496 e. The highest BCUT2D eigenvalue weighted by atomic mass is 32.2. The molecule has 2 aliphatic rings. The Balaban J connectivity index is 1.91. The number of amides is 1. The van der Waals surface area contributed by atoms with Crippen LogP contribution in [0.4, 0.5) is 0 Å². The summed E-state index contributed by atoms with van der Waals surface area (Å²) < 4.78 is 33.1. The van der Waals surface area contributed by atoms with Gasteiger partial charge in [-0.25, -0.2) is 8.42 Å². The molecular formula is C20H30N2O4S. The van der Waals surface area contributed by atoms with Gasteiger partial charge in [-0.3, -0.25) is 4.79 Å². The number of methoxy groups -OCH3 is 1. The summed E-state index contributed by atoms with van der Waals surface area (Å²) in [6, 6.07) is 4.85. The minimum absolute atomic E-state index is 0.174. The molecule has 7 heteroatoms. The Labute approximate surface area is 162 Å². The Bertz CT molecular complexity index is 764. The van der Waals surface area contributed by atoms with Crippen LogP contribution in [0.2, 0.25) is 0 Å². The van der Waals surface area contributed by atoms with Crippen molar-refractivity contribution in [2.24, 2.45) is 0 Å². The van der Waals surface area contributed by atoms with E-state index in [1.807, 2.05) is 0 Å². The lowest BCUT2D eigenvalue weighted by atomic mass is 10.1. The Morgan fingerprint density at radius 3 is 2.30 bits per heavy atom. The third kappa shape index (κ3) is 4.29. The van der Waals surface area contributed by atoms with Crippen LogP contribution in [0.15, 0.2) is 23.1 Å². The molecule has 0 atom stereocenters. The molecule has 0 unspecified atom stereocenters. The van der Waals surface area contributed by atoms with Crippen molar-refractivity contribution in [2.45, 2.75) is 62.3 Å². The fourth-order valence-electron chi connectivity index (χ4n) is 4.09. The van der Waals surface area contributed by atoms with Crippen LogP contribution in [0.5, 0.6) is 5.75 Å². The van der Waals surface area contributed by atoms with Crippen LogP contribution in [0.25, 0.3) is 0 Å². The number of sulfonamides is 1. The number of carbonyl (C=O) groups is 1. The lowest BCUT2D eigenvalue weighted by Crippen LogP contribution is -2.36. The van der Waals surface area contributed by atoms with Gasteiger partial charge in [-0.15, -0.1) is 0 Å². The highest BCUT2D eigenvalue weighted by Crippen LogP contribution is 2.29. The maximum absolute atomic E-state index is 13.1. The molecule has 150 valence electrons. The Morgan fingerprint density at radius 2 is 1.70 bits per heavy atom. The smallest absolute Gasteiger partial charge is 0.257 e. The summed E-state index contributed by atoms with van der Waals surface area (Å²) >= 11 is 0. The normalized spacial score (nSPS) is 19.6. The lowest BCUT2D eigenvalue weighted by Gasteiger charge is -2.26. The molecule has 0 N–H and O–H groups in total. The van der Waals surface area contributed by atoms with Gasteiger partial charge in [-0.05, 0) is 43.9 Å². The van der Waals surface area contributed by atoms with E-state index in [-0.39, 0.29) is 16.8 Å². The van der Waals surface area contributed by atoms with Crippen LogP contribution < -0.4 is 4.74 Å². The summed E-state index contributed by atoms with van der Waals surface area (Å²) in [7, 11) is -0.300. The first kappa shape index (κ1) is 20.1. The van der Waals surface area contributed by atoms with E-state index in [1.54, 1.807) is 28.4 Å². The van der Waals surface area contributed by atoms with Gasteiger partial charge in [0.2, 0.25) is 10.0 Å². The molecule has 27 heavy (non-hydrogen) atoms. The lowest BCUT2D eigenvalue weighted by molar-refractivity contribution is 0.0731. The number of benzene rings is 1. The average Bonchev–Trinajstić information content (AvgIpc) is 3.07. The first-order valence-corrected chi connectivity index (χ1v) is 11.3. The summed E-state index contributed by atoms with van der Waals surface area (Å²) in [4.78, 5) is 15.0. The second-order valence-corrected chi connectivity index (χ2v) is 9.47. The highest BCUT2D eigenvalue weighted by Gasteiger charge is 2.30. The zero-order chi connectivity index (χ0) is 19.4. The van der Waals surface area contributed by atoms with Crippen molar-refractivity contribution in [2.75, 3.05) is 27.2 Å². The number of hydrogen-bond donors (Lipinski definition) is 0. The van der Waals surface area contributed by atoms with Crippen molar-refractivity contribution in [3.63, 3.8) is 0 Å². The third-order valence-electron chi connectivity index (χ3n) is 5.80. The zero-order valence-electron chi connectivity index (χ0n) is 16.3. The Hall–Kier alpha value is -1.60. The topological polar surface area (TPSA) is 66.9 Å². The molecule has 0 aromatic heterocycles. The molecule has 1 aromatic carbocycles. The summed E-state index contributed by atoms with van der Waals surface area (Å²) in [6.45, 7) is 1.08. The van der Waals surface area contributed by atoms with Crippen molar-refractivity contribution in [1.82, 2.24) is 9.21 Å². The summed E-state index contributed by atoms with van der Waals surface area (Å²) in [5.74, 6) is 0.242. The predicted molar refractivity (Wildman–Crippen MR) is 105 cm³/mol. The van der Waals surface area contributed by atoms with E-state index in [2.05, 4.69) is 0 Å². The van der Waals surface area contributed by atoms with Gasteiger partial charge in [-0.2, -0.15) is 4.31 Å². The van der Waals surface area contributed by atoms with Gasteiger partial charge in [0.25, 0.3) is 5.91 Å². The molecule has 1 heterocycles. The van der Waals surface area contributed by atoms with Crippen molar-refractivity contribution in [3.8, 4) is 5.75 Å². The van der Waals surface area contributed by atoms with Crippen LogP contribution in [0.1, 0.15) is 61.7 Å². The standard InChI is InChI=1S/C20H30N2O4S/c1-21(16-9-5-6-10-16)20(23)18-15-17(11-12-19(18)26-2)27(24,25)22-13-7-3-4-8-14-22/h11-12,15-16H,3-10,13-14H2,1-2H3. The van der Waals surface area contributed by atoms with E-state index < -0.39 is 10.0 Å². The van der Waals surface area contributed by atoms with E-state index in [0.717, 1.165) is 51.4 Å². The molecule has 1 amide bonds. The molecule has 1 aliphatic carbocycles. The predicted octanol–water partition coefficient (Wildman–Crippen LogP) is 3.27. The van der Waals surface area contributed by atoms with E-state index in [9.17, 15) is 13.2 Å². The SMILES string of the molecule is COc1ccc(S(=O)(=O)N2CCCCCC2)cc1C(=O)N(C)C1CCCC1. The van der Waals surface area contributed by atoms with Crippen LogP contribution in [-0.4, -0.2) is 56.8 Å². The van der Waals surface area contributed by atoms with Crippen LogP contribution >= 0.6 is 0 Å². The molecule has 2 fully saturated rings. The first-order chi connectivity index (χ1) is 12.9. The monoisotopic (exact) mass is 394 g/mol. The molecule has 1 saturated heterocycles. The highest BCUT2D eigenvalue weighted by molar-refractivity contribution is 7.89. The molecule has 1 aliphatic heterocycles. The Morgan fingerprint density at radius 1 is 1.07 bits per heavy atom. The van der Waals surface area contributed by atoms with Crippen molar-refractivity contribution in [1.29, 1.82) is 0 Å². The fraction of sp³-hybridized carbons (Fsp3) is 0.650. The number of ether oxygens (including phenoxy) is 1. The van der Waals surface area contributed by atoms with E-state index in [4.69, 9.17) is 4.74 Å². The molecule has 6 nitrogen and oxygen atoms in total. The van der Waals surface area contributed by atoms with Gasteiger partial charge in [0.05, 0.1) is 17.6 Å². The van der Waals surface area contributed by atoms with Crippen molar-refractivity contribution >= 4 is 15.9 Å². The maximum atomic E-state index is 13.1. The molecular weight excluding hydrogens is 364 g/mol. The van der Waals surface area contributed by atoms with Crippen LogP contribution in [-0.2, 0) is 10.0 Å². The minimum atomic E-state index is -3.60. The summed E-state index contributed by atoms with van der Waals surface area (Å²) in [5, 5.41) is 0. The summed E-state index contributed by atoms with van der Waals surface area (Å²) in [6.07, 6.45) is 8.13. The van der Waals surface area contributed by atoms with E-state index in [1.165, 1.54) is 13.2 Å². The first-order valence-electron chi connectivity index (χ1n) is 9.90. The van der Waals surface area contributed by atoms with Crippen LogP contribution in [0, 0.1) is 0 Å². The van der Waals surface area contributed by atoms with Crippen LogP contribution in [0.3, 0.4) is 0 Å². The number of hydrogen-bond acceptors (Lipinski definition) is 4. The molecule has 0 radical (unpaired) electrons. The molecule has 0 bridgehead atoms. The quantitative estimate of drug-likeness (QED) is 0.769. The van der Waals surface area contributed by atoms with Gasteiger partial charge in [0.15, 0.2) is 0 Å². The van der Waals surface area contributed by atoms with Crippen molar-refractivity contribution in [3.05, 3.63) is 23.8 Å². The molecule has 1 saturated carbocycles. The fourth-order valence-corrected chi connectivity index (χ4v) is 5.64. The number of carbonyl (C=O) groups excluding carboxylic acids is 1. The minimum Gasteiger partial charge on any atom is -0.496 e. The van der Waals surface area contributed by atoms with Crippen molar-refractivity contribution < 1.29 is 17.9 Å². The molecule has 3 rings (SSSR count). The van der Waals surface area contributed by atoms with E-state index >= 15 is 0 Å². The maximum Gasteiger partial charge on any atom is 0.257 e. The second kappa shape index (κ2) is 8.61. The van der Waals surface area contributed by atoms with Gasteiger partial charge >= 0.3 is 0 Å². The Kier molecular flexibility index (Phi) is 6.42. The second-order valence-electron chi connectivity index (χ2n) is 7.53. The zero-order valence-corrected chi connectivity index (χ0v) is 17.1. The third-order valence-corrected chi connectivity index (χ3v) is 7.69. The van der Waals surface area contributed by atoms with Gasteiger partial charge < -0.3 is 9.64 Å². The van der Waals surface area contributed by atoms with E-state index in [0.29, 0.717) is 24.4 Å². The average molecular weight is 395 g/mol. The molecule has 1 aromatic rings. The molecule has 0 spiro atoms. The van der Waals surface area contributed by atoms with Gasteiger partial charge in [0.1, 0.15) is 5.75 Å². The van der Waals surface area contributed by atoms with Gasteiger partial charge in [0, 0.05) is 26.2 Å². The number of rotatable bonds is 5. The summed E-state index contributed by atoms with van der Waals surface area (Å²) in [5.41, 5.74) is 0.322. The number of nitrogens with zero attached hydrogens (tertiary/aromatic N) is 2. The van der Waals surface area contributed by atoms with Gasteiger partial charge in [-0.1, -0.05) is 25.7 Å².